The van der Waals surface area contributed by atoms with Crippen molar-refractivity contribution in [2.75, 3.05) is 12.4 Å². The van der Waals surface area contributed by atoms with Crippen molar-refractivity contribution in [3.63, 3.8) is 0 Å². The summed E-state index contributed by atoms with van der Waals surface area (Å²) in [5, 5.41) is 3.10. The van der Waals surface area contributed by atoms with Gasteiger partial charge in [-0.3, -0.25) is 0 Å². The molecule has 1 aromatic carbocycles. The normalized spacial score (nSPS) is 8.55. The third-order valence-electron chi connectivity index (χ3n) is 1.62. The summed E-state index contributed by atoms with van der Waals surface area (Å²) in [7, 11) is 1.94. The van der Waals surface area contributed by atoms with Gasteiger partial charge in [-0.25, -0.2) is 0 Å². The van der Waals surface area contributed by atoms with E-state index in [9.17, 15) is 0 Å². The minimum absolute atomic E-state index is 0. The van der Waals surface area contributed by atoms with Crippen molar-refractivity contribution >= 4 is 18.1 Å². The maximum Gasteiger partial charge on any atom is 0.0340 e. The van der Waals surface area contributed by atoms with Crippen LogP contribution in [-0.4, -0.2) is 7.05 Å². The van der Waals surface area contributed by atoms with Crippen LogP contribution in [0.25, 0.3) is 0 Å². The molecule has 0 atom stereocenters. The predicted octanol–water partition coefficient (Wildman–Crippen LogP) is 2.71. The molecule has 1 rings (SSSR count). The van der Waals surface area contributed by atoms with Crippen LogP contribution in [0.4, 0.5) is 5.69 Å². The first-order chi connectivity index (χ1) is 4.86. The maximum absolute atomic E-state index is 3.10. The van der Waals surface area contributed by atoms with E-state index in [0.717, 1.165) is 6.42 Å². The lowest BCUT2D eigenvalue weighted by molar-refractivity contribution is 1.14. The van der Waals surface area contributed by atoms with Gasteiger partial charge in [0.2, 0.25) is 0 Å². The van der Waals surface area contributed by atoms with Gasteiger partial charge in [0.1, 0.15) is 0 Å². The molecule has 62 valence electrons. The number of rotatable bonds is 2. The standard InChI is InChI=1S/C9H13N.ClH/c1-3-8-5-4-6-9(7-8)10-2;/h4-7,10H,3H2,1-2H3;1H. The van der Waals surface area contributed by atoms with E-state index in [0.29, 0.717) is 0 Å². The first-order valence-corrected chi connectivity index (χ1v) is 3.63. The molecule has 2 heteroatoms. The van der Waals surface area contributed by atoms with Gasteiger partial charge >= 0.3 is 0 Å². The highest BCUT2D eigenvalue weighted by molar-refractivity contribution is 5.85. The summed E-state index contributed by atoms with van der Waals surface area (Å²) in [5.41, 5.74) is 2.58. The highest BCUT2D eigenvalue weighted by Crippen LogP contribution is 2.09. The van der Waals surface area contributed by atoms with E-state index in [4.69, 9.17) is 0 Å². The SMILES string of the molecule is CCc1cccc(NC)c1.Cl. The van der Waals surface area contributed by atoms with E-state index in [1.165, 1.54) is 11.3 Å². The summed E-state index contributed by atoms with van der Waals surface area (Å²) in [5.74, 6) is 0. The van der Waals surface area contributed by atoms with E-state index in [1.54, 1.807) is 0 Å². The van der Waals surface area contributed by atoms with Crippen LogP contribution in [0.3, 0.4) is 0 Å². The van der Waals surface area contributed by atoms with Crippen molar-refractivity contribution in [2.24, 2.45) is 0 Å². The molecule has 1 N–H and O–H groups in total. The van der Waals surface area contributed by atoms with Crippen LogP contribution in [-0.2, 0) is 6.42 Å². The molecule has 0 unspecified atom stereocenters. The molecule has 0 aliphatic rings. The number of anilines is 1. The summed E-state index contributed by atoms with van der Waals surface area (Å²) in [6, 6.07) is 8.45. The molecule has 0 saturated heterocycles. The van der Waals surface area contributed by atoms with Gasteiger partial charge in [0.05, 0.1) is 0 Å². The highest BCUT2D eigenvalue weighted by Gasteiger charge is 1.88. The molecule has 0 amide bonds. The summed E-state index contributed by atoms with van der Waals surface area (Å²) < 4.78 is 0. The van der Waals surface area contributed by atoms with Crippen LogP contribution >= 0.6 is 12.4 Å². The summed E-state index contributed by atoms with van der Waals surface area (Å²) in [6.45, 7) is 2.16. The monoisotopic (exact) mass is 171 g/mol. The van der Waals surface area contributed by atoms with Crippen LogP contribution in [0.1, 0.15) is 12.5 Å². The number of nitrogens with one attached hydrogen (secondary N) is 1. The average Bonchev–Trinajstić information content (AvgIpc) is 2.05. The fourth-order valence-corrected chi connectivity index (χ4v) is 0.947. The highest BCUT2D eigenvalue weighted by atomic mass is 35.5. The molecule has 11 heavy (non-hydrogen) atoms. The molecule has 0 aromatic heterocycles. The van der Waals surface area contributed by atoms with Crippen molar-refractivity contribution in [3.8, 4) is 0 Å². The van der Waals surface area contributed by atoms with Gasteiger partial charge < -0.3 is 5.32 Å². The van der Waals surface area contributed by atoms with Gasteiger partial charge in [0.15, 0.2) is 0 Å². The summed E-state index contributed by atoms with van der Waals surface area (Å²) in [6.07, 6.45) is 1.11. The van der Waals surface area contributed by atoms with E-state index in [2.05, 4.69) is 36.5 Å². The zero-order valence-electron chi connectivity index (χ0n) is 6.92. The minimum Gasteiger partial charge on any atom is -0.388 e. The first kappa shape index (κ1) is 10.3. The Hall–Kier alpha value is -0.690. The zero-order valence-corrected chi connectivity index (χ0v) is 7.74. The Bertz CT molecular complexity index is 191. The van der Waals surface area contributed by atoms with Crippen LogP contribution in [0.15, 0.2) is 24.3 Å². The smallest absolute Gasteiger partial charge is 0.0340 e. The molecule has 0 saturated carbocycles. The van der Waals surface area contributed by atoms with Crippen molar-refractivity contribution in [3.05, 3.63) is 29.8 Å². The Balaban J connectivity index is 0.000001000. The quantitative estimate of drug-likeness (QED) is 0.722. The Morgan fingerprint density at radius 2 is 2.09 bits per heavy atom. The molecular formula is C9H14ClN. The molecule has 0 bridgehead atoms. The topological polar surface area (TPSA) is 12.0 Å². The first-order valence-electron chi connectivity index (χ1n) is 3.63. The number of aryl methyl sites for hydroxylation is 1. The molecule has 1 aromatic rings. The zero-order chi connectivity index (χ0) is 7.40. The van der Waals surface area contributed by atoms with Gasteiger partial charge in [0, 0.05) is 12.7 Å². The molecule has 0 aliphatic carbocycles. The number of hydrogen-bond acceptors (Lipinski definition) is 1. The van der Waals surface area contributed by atoms with E-state index >= 15 is 0 Å². The minimum atomic E-state index is 0. The summed E-state index contributed by atoms with van der Waals surface area (Å²) >= 11 is 0. The fourth-order valence-electron chi connectivity index (χ4n) is 0.947. The molecule has 0 aliphatic heterocycles. The predicted molar refractivity (Wildman–Crippen MR) is 52.6 cm³/mol. The van der Waals surface area contributed by atoms with Crippen LogP contribution in [0.2, 0.25) is 0 Å². The van der Waals surface area contributed by atoms with Crippen LogP contribution < -0.4 is 5.32 Å². The molecule has 1 nitrogen and oxygen atoms in total. The molecule has 0 spiro atoms. The fraction of sp³-hybridized carbons (Fsp3) is 0.333. The molecule has 0 heterocycles. The molecule has 0 radical (unpaired) electrons. The van der Waals surface area contributed by atoms with Gasteiger partial charge in [0.25, 0.3) is 0 Å². The second-order valence-corrected chi connectivity index (χ2v) is 2.30. The Morgan fingerprint density at radius 1 is 1.36 bits per heavy atom. The maximum atomic E-state index is 3.10. The number of benzene rings is 1. The van der Waals surface area contributed by atoms with E-state index in [-0.39, 0.29) is 12.4 Å². The number of hydrogen-bond donors (Lipinski definition) is 1. The number of halogens is 1. The third kappa shape index (κ3) is 2.81. The van der Waals surface area contributed by atoms with E-state index in [1.807, 2.05) is 7.05 Å². The van der Waals surface area contributed by atoms with Crippen molar-refractivity contribution in [2.45, 2.75) is 13.3 Å². The largest absolute Gasteiger partial charge is 0.388 e. The lowest BCUT2D eigenvalue weighted by Gasteiger charge is -2.00. The molecular weight excluding hydrogens is 158 g/mol. The lowest BCUT2D eigenvalue weighted by atomic mass is 10.1. The van der Waals surface area contributed by atoms with Crippen molar-refractivity contribution in [1.82, 2.24) is 0 Å². The molecule has 0 fully saturated rings. The van der Waals surface area contributed by atoms with Crippen LogP contribution in [0.5, 0.6) is 0 Å². The summed E-state index contributed by atoms with van der Waals surface area (Å²) in [4.78, 5) is 0. The van der Waals surface area contributed by atoms with Crippen molar-refractivity contribution in [1.29, 1.82) is 0 Å². The van der Waals surface area contributed by atoms with Gasteiger partial charge in [-0.1, -0.05) is 19.1 Å². The van der Waals surface area contributed by atoms with Gasteiger partial charge in [-0.05, 0) is 24.1 Å². The Labute approximate surface area is 74.2 Å². The third-order valence-corrected chi connectivity index (χ3v) is 1.62. The second kappa shape index (κ2) is 5.03. The second-order valence-electron chi connectivity index (χ2n) is 2.30. The van der Waals surface area contributed by atoms with Gasteiger partial charge in [-0.2, -0.15) is 0 Å². The lowest BCUT2D eigenvalue weighted by Crippen LogP contribution is -1.88. The van der Waals surface area contributed by atoms with E-state index < -0.39 is 0 Å². The van der Waals surface area contributed by atoms with Crippen molar-refractivity contribution < 1.29 is 0 Å². The van der Waals surface area contributed by atoms with Gasteiger partial charge in [-0.15, -0.1) is 12.4 Å². The van der Waals surface area contributed by atoms with Crippen LogP contribution in [0, 0.1) is 0 Å². The Kier molecular flexibility index (Phi) is 4.71. The average molecular weight is 172 g/mol. The Morgan fingerprint density at radius 3 is 2.64 bits per heavy atom.